The number of rotatable bonds is 6. The molecule has 1 fully saturated rings. The Hall–Kier alpha value is -3.45. The summed E-state index contributed by atoms with van der Waals surface area (Å²) < 4.78 is 3.21. The zero-order valence-corrected chi connectivity index (χ0v) is 19.2. The van der Waals surface area contributed by atoms with Gasteiger partial charge in [0.1, 0.15) is 5.52 Å². The molecule has 1 N–H and O–H groups in total. The molecule has 2 aromatic carbocycles. The van der Waals surface area contributed by atoms with Crippen LogP contribution in [0, 0.1) is 6.92 Å². The van der Waals surface area contributed by atoms with Gasteiger partial charge in [-0.2, -0.15) is 9.78 Å². The Balaban J connectivity index is 1.57. The topological polar surface area (TPSA) is 72.2 Å². The lowest BCUT2D eigenvalue weighted by Gasteiger charge is -2.14. The van der Waals surface area contributed by atoms with Gasteiger partial charge in [0.15, 0.2) is 5.69 Å². The second-order valence-corrected chi connectivity index (χ2v) is 8.86. The summed E-state index contributed by atoms with van der Waals surface area (Å²) in [6.45, 7) is 5.85. The Morgan fingerprint density at radius 2 is 1.79 bits per heavy atom. The van der Waals surface area contributed by atoms with Gasteiger partial charge in [0.25, 0.3) is 11.5 Å². The number of hydrogen-bond acceptors (Lipinski definition) is 4. The molecule has 0 atom stereocenters. The van der Waals surface area contributed by atoms with Crippen molar-refractivity contribution in [2.75, 3.05) is 26.2 Å². The first-order chi connectivity index (χ1) is 16.0. The number of benzene rings is 2. The van der Waals surface area contributed by atoms with Gasteiger partial charge in [-0.3, -0.25) is 9.59 Å². The van der Waals surface area contributed by atoms with Crippen LogP contribution in [-0.2, 0) is 7.05 Å². The summed E-state index contributed by atoms with van der Waals surface area (Å²) in [4.78, 5) is 29.3. The van der Waals surface area contributed by atoms with Gasteiger partial charge < -0.3 is 14.8 Å². The molecule has 2 aromatic heterocycles. The van der Waals surface area contributed by atoms with Crippen LogP contribution in [0.2, 0.25) is 0 Å². The molecule has 7 heteroatoms. The normalized spacial score (nSPS) is 14.4. The molecule has 33 heavy (non-hydrogen) atoms. The van der Waals surface area contributed by atoms with E-state index in [1.807, 2.05) is 67.1 Å². The summed E-state index contributed by atoms with van der Waals surface area (Å²) >= 11 is 0. The Labute approximate surface area is 192 Å². The molecule has 0 bridgehead atoms. The fraction of sp³-hybridized carbons (Fsp3) is 0.346. The van der Waals surface area contributed by atoms with Crippen molar-refractivity contribution in [3.63, 3.8) is 0 Å². The minimum absolute atomic E-state index is 0.238. The molecule has 7 nitrogen and oxygen atoms in total. The van der Waals surface area contributed by atoms with E-state index in [4.69, 9.17) is 0 Å². The summed E-state index contributed by atoms with van der Waals surface area (Å²) in [6, 6.07) is 15.4. The maximum atomic E-state index is 13.5. The van der Waals surface area contributed by atoms with Crippen LogP contribution < -0.4 is 10.9 Å². The fourth-order valence-corrected chi connectivity index (χ4v) is 4.79. The third-order valence-corrected chi connectivity index (χ3v) is 6.57. The van der Waals surface area contributed by atoms with E-state index in [2.05, 4.69) is 15.3 Å². The number of fused-ring (bicyclic) bond motifs is 3. The van der Waals surface area contributed by atoms with Crippen molar-refractivity contribution in [2.24, 2.45) is 7.05 Å². The number of carbonyl (C=O) groups is 1. The summed E-state index contributed by atoms with van der Waals surface area (Å²) in [5.41, 5.74) is 3.15. The first-order valence-corrected chi connectivity index (χ1v) is 11.6. The van der Waals surface area contributed by atoms with Gasteiger partial charge in [-0.1, -0.05) is 35.9 Å². The van der Waals surface area contributed by atoms with Crippen LogP contribution in [0.25, 0.3) is 27.5 Å². The zero-order valence-electron chi connectivity index (χ0n) is 19.2. The van der Waals surface area contributed by atoms with Gasteiger partial charge in [0.05, 0.1) is 5.69 Å². The van der Waals surface area contributed by atoms with E-state index in [1.165, 1.54) is 17.5 Å². The zero-order chi connectivity index (χ0) is 22.9. The fourth-order valence-electron chi connectivity index (χ4n) is 4.79. The third-order valence-electron chi connectivity index (χ3n) is 6.57. The van der Waals surface area contributed by atoms with Gasteiger partial charge in [-0.05, 0) is 64.0 Å². The minimum Gasteiger partial charge on any atom is -0.351 e. The molecule has 1 aliphatic rings. The van der Waals surface area contributed by atoms with Crippen LogP contribution in [0.3, 0.4) is 0 Å². The van der Waals surface area contributed by atoms with E-state index in [0.717, 1.165) is 42.5 Å². The Bertz CT molecular complexity index is 1380. The Kier molecular flexibility index (Phi) is 5.72. The minimum atomic E-state index is -0.251. The number of aromatic nitrogens is 3. The first-order valence-electron chi connectivity index (χ1n) is 11.6. The van der Waals surface area contributed by atoms with Crippen LogP contribution in [0.1, 0.15) is 35.3 Å². The number of likely N-dealkylation sites (tertiary alicyclic amines) is 1. The van der Waals surface area contributed by atoms with Crippen LogP contribution in [0.5, 0.6) is 0 Å². The van der Waals surface area contributed by atoms with Gasteiger partial charge in [-0.25, -0.2) is 0 Å². The maximum Gasteiger partial charge on any atom is 0.296 e. The highest BCUT2D eigenvalue weighted by molar-refractivity contribution is 6.16. The number of nitrogens with zero attached hydrogens (tertiary/aromatic N) is 4. The summed E-state index contributed by atoms with van der Waals surface area (Å²) in [5.74, 6) is -0.251. The summed E-state index contributed by atoms with van der Waals surface area (Å²) in [5, 5.41) is 9.10. The Morgan fingerprint density at radius 1 is 1.06 bits per heavy atom. The lowest BCUT2D eigenvalue weighted by molar-refractivity contribution is 0.0947. The summed E-state index contributed by atoms with van der Waals surface area (Å²) in [7, 11) is 1.86. The van der Waals surface area contributed by atoms with E-state index in [9.17, 15) is 9.59 Å². The van der Waals surface area contributed by atoms with E-state index < -0.39 is 0 Å². The molecule has 0 radical (unpaired) electrons. The average Bonchev–Trinajstić information content (AvgIpc) is 3.45. The third kappa shape index (κ3) is 3.93. The molecule has 1 aliphatic heterocycles. The van der Waals surface area contributed by atoms with Crippen LogP contribution in [-0.4, -0.2) is 51.3 Å². The van der Waals surface area contributed by atoms with Gasteiger partial charge >= 0.3 is 0 Å². The predicted molar refractivity (Wildman–Crippen MR) is 131 cm³/mol. The number of hydrogen-bond donors (Lipinski definition) is 1. The molecule has 0 spiro atoms. The SMILES string of the molecule is Cc1ccc(-n2nc(C(=O)NCCCN3CCCC3)c3c4ccccc4n(C)c3c2=O)cc1. The van der Waals surface area contributed by atoms with Crippen LogP contribution >= 0.6 is 0 Å². The molecule has 5 rings (SSSR count). The molecule has 3 heterocycles. The van der Waals surface area contributed by atoms with E-state index >= 15 is 0 Å². The highest BCUT2D eigenvalue weighted by atomic mass is 16.2. The van der Waals surface area contributed by atoms with Gasteiger partial charge in [0.2, 0.25) is 0 Å². The quantitative estimate of drug-likeness (QED) is 0.464. The largest absolute Gasteiger partial charge is 0.351 e. The number of nitrogens with one attached hydrogen (secondary N) is 1. The molecular weight excluding hydrogens is 414 g/mol. The molecule has 1 amide bonds. The highest BCUT2D eigenvalue weighted by Gasteiger charge is 2.23. The molecule has 0 aliphatic carbocycles. The average molecular weight is 444 g/mol. The second kappa shape index (κ2) is 8.83. The molecule has 0 unspecified atom stereocenters. The highest BCUT2D eigenvalue weighted by Crippen LogP contribution is 2.28. The molecular formula is C26H29N5O2. The number of carbonyl (C=O) groups excluding carboxylic acids is 1. The summed E-state index contributed by atoms with van der Waals surface area (Å²) in [6.07, 6.45) is 3.41. The molecule has 4 aromatic rings. The monoisotopic (exact) mass is 443 g/mol. The molecule has 1 saturated heterocycles. The van der Waals surface area contributed by atoms with Crippen molar-refractivity contribution < 1.29 is 4.79 Å². The first kappa shape index (κ1) is 21.4. The van der Waals surface area contributed by atoms with Crippen molar-refractivity contribution in [3.8, 4) is 5.69 Å². The number of para-hydroxylation sites is 1. The number of aryl methyl sites for hydroxylation is 2. The molecule has 170 valence electrons. The van der Waals surface area contributed by atoms with Gasteiger partial charge in [-0.15, -0.1) is 0 Å². The predicted octanol–water partition coefficient (Wildman–Crippen LogP) is 3.40. The Morgan fingerprint density at radius 3 is 2.55 bits per heavy atom. The van der Waals surface area contributed by atoms with Crippen LogP contribution in [0.4, 0.5) is 0 Å². The maximum absolute atomic E-state index is 13.5. The van der Waals surface area contributed by atoms with E-state index in [-0.39, 0.29) is 17.2 Å². The standard InChI is InChI=1S/C26H29N5O2/c1-18-10-12-19(13-11-18)31-26(33)24-22(20-8-3-4-9-21(20)29(24)2)23(28-31)25(32)27-14-7-17-30-15-5-6-16-30/h3-4,8-13H,5-7,14-17H2,1-2H3,(H,27,32). The van der Waals surface area contributed by atoms with Crippen molar-refractivity contribution in [1.29, 1.82) is 0 Å². The number of amides is 1. The van der Waals surface area contributed by atoms with E-state index in [0.29, 0.717) is 23.1 Å². The van der Waals surface area contributed by atoms with Gasteiger partial charge in [0, 0.05) is 29.9 Å². The van der Waals surface area contributed by atoms with Crippen LogP contribution in [0.15, 0.2) is 53.3 Å². The van der Waals surface area contributed by atoms with Crippen molar-refractivity contribution >= 4 is 27.7 Å². The lowest BCUT2D eigenvalue weighted by atomic mass is 10.1. The molecule has 0 saturated carbocycles. The van der Waals surface area contributed by atoms with Crippen molar-refractivity contribution in [2.45, 2.75) is 26.2 Å². The van der Waals surface area contributed by atoms with Crippen molar-refractivity contribution in [1.82, 2.24) is 24.6 Å². The van der Waals surface area contributed by atoms with Crippen molar-refractivity contribution in [3.05, 3.63) is 70.1 Å². The second-order valence-electron chi connectivity index (χ2n) is 8.86. The lowest BCUT2D eigenvalue weighted by Crippen LogP contribution is -2.32. The van der Waals surface area contributed by atoms with E-state index in [1.54, 1.807) is 0 Å². The smallest absolute Gasteiger partial charge is 0.296 e.